The van der Waals surface area contributed by atoms with Crippen molar-refractivity contribution in [3.63, 3.8) is 0 Å². The summed E-state index contributed by atoms with van der Waals surface area (Å²) in [5.41, 5.74) is 7.83. The Bertz CT molecular complexity index is 1030. The summed E-state index contributed by atoms with van der Waals surface area (Å²) in [5, 5.41) is 0. The molecule has 1 aromatic carbocycles. The van der Waals surface area contributed by atoms with Gasteiger partial charge in [0.2, 0.25) is 17.7 Å². The van der Waals surface area contributed by atoms with Crippen molar-refractivity contribution in [2.75, 3.05) is 0 Å². The van der Waals surface area contributed by atoms with Gasteiger partial charge in [0.05, 0.1) is 11.1 Å². The first-order valence-electron chi connectivity index (χ1n) is 8.57. The zero-order valence-corrected chi connectivity index (χ0v) is 14.9. The van der Waals surface area contributed by atoms with E-state index >= 15 is 0 Å². The van der Waals surface area contributed by atoms with Crippen molar-refractivity contribution in [1.82, 2.24) is 9.97 Å². The predicted octanol–water partition coefficient (Wildman–Crippen LogP) is 4.03. The number of carbonyl (C=O) groups excluding carboxylic acids is 1. The molecule has 0 spiro atoms. The Morgan fingerprint density at radius 3 is 2.59 bits per heavy atom. The monoisotopic (exact) mass is 363 g/mol. The van der Waals surface area contributed by atoms with E-state index in [9.17, 15) is 9.18 Å². The third-order valence-corrected chi connectivity index (χ3v) is 5.02. The zero-order valence-electron chi connectivity index (χ0n) is 14.9. The molecule has 0 bridgehead atoms. The minimum atomic E-state index is -0.838. The number of pyridine rings is 2. The lowest BCUT2D eigenvalue weighted by molar-refractivity contribution is -0.126. The molecule has 1 unspecified atom stereocenters. The van der Waals surface area contributed by atoms with Crippen LogP contribution in [0.3, 0.4) is 0 Å². The van der Waals surface area contributed by atoms with Gasteiger partial charge >= 0.3 is 0 Å². The number of halogens is 1. The Morgan fingerprint density at radius 2 is 1.89 bits per heavy atom. The lowest BCUT2D eigenvalue weighted by atomic mass is 9.70. The molecule has 1 amide bonds. The number of hydrogen-bond donors (Lipinski definition) is 1. The fourth-order valence-electron chi connectivity index (χ4n) is 3.44. The van der Waals surface area contributed by atoms with Crippen molar-refractivity contribution >= 4 is 5.91 Å². The van der Waals surface area contributed by atoms with Crippen LogP contribution in [-0.2, 0) is 4.79 Å². The van der Waals surface area contributed by atoms with E-state index in [1.807, 2.05) is 50.2 Å². The molecule has 136 valence electrons. The molecule has 3 heterocycles. The highest BCUT2D eigenvalue weighted by Gasteiger charge is 2.42. The molecular weight excluding hydrogens is 345 g/mol. The second-order valence-electron chi connectivity index (χ2n) is 7.12. The van der Waals surface area contributed by atoms with E-state index in [1.165, 1.54) is 12.3 Å². The number of nitrogens with zero attached hydrogens (tertiary/aromatic N) is 2. The average molecular weight is 363 g/mol. The molecule has 3 aromatic rings. The first kappa shape index (κ1) is 17.1. The highest BCUT2D eigenvalue weighted by atomic mass is 19.1. The molecular formula is C21H18FN3O2. The van der Waals surface area contributed by atoms with Gasteiger partial charge in [-0.15, -0.1) is 0 Å². The Balaban J connectivity index is 1.87. The summed E-state index contributed by atoms with van der Waals surface area (Å²) in [6.07, 6.45) is 1.42. The van der Waals surface area contributed by atoms with Gasteiger partial charge in [-0.2, -0.15) is 4.39 Å². The van der Waals surface area contributed by atoms with E-state index in [4.69, 9.17) is 10.5 Å². The Hall–Kier alpha value is -3.28. The molecule has 2 N–H and O–H groups in total. The highest BCUT2D eigenvalue weighted by Crippen LogP contribution is 2.51. The quantitative estimate of drug-likeness (QED) is 0.713. The number of benzene rings is 1. The van der Waals surface area contributed by atoms with Crippen LogP contribution in [0.15, 0.2) is 54.7 Å². The van der Waals surface area contributed by atoms with Gasteiger partial charge in [0.1, 0.15) is 5.75 Å². The molecule has 0 aliphatic carbocycles. The van der Waals surface area contributed by atoms with Gasteiger partial charge in [-0.05, 0) is 24.3 Å². The summed E-state index contributed by atoms with van der Waals surface area (Å²) in [6.45, 7) is 3.65. The second-order valence-corrected chi connectivity index (χ2v) is 7.12. The zero-order chi connectivity index (χ0) is 19.2. The van der Waals surface area contributed by atoms with Crippen LogP contribution >= 0.6 is 0 Å². The first-order chi connectivity index (χ1) is 12.9. The molecule has 4 rings (SSSR count). The normalized spacial score (nSPS) is 15.4. The number of carbonyl (C=O) groups is 1. The van der Waals surface area contributed by atoms with Gasteiger partial charge in [-0.3, -0.25) is 4.79 Å². The first-order valence-corrected chi connectivity index (χ1v) is 8.57. The molecule has 0 fully saturated rings. The van der Waals surface area contributed by atoms with Crippen molar-refractivity contribution in [3.8, 4) is 22.9 Å². The number of primary amides is 1. The number of nitrogens with two attached hydrogens (primary N) is 1. The summed E-state index contributed by atoms with van der Waals surface area (Å²) in [7, 11) is 0. The van der Waals surface area contributed by atoms with Crippen LogP contribution in [0.5, 0.6) is 11.6 Å². The lowest BCUT2D eigenvalue weighted by Gasteiger charge is -2.36. The summed E-state index contributed by atoms with van der Waals surface area (Å²) < 4.78 is 19.1. The van der Waals surface area contributed by atoms with Crippen molar-refractivity contribution in [3.05, 3.63) is 71.8 Å². The standard InChI is InChI=1S/C21H18FN3O2/c1-21(2,20(23)26)18-13-5-3-4-6-16(13)27-19-14(18)8-9-15(25-19)12-7-10-17(22)24-11-12/h3-11,18H,1-2H3,(H2,23,26). The number of amides is 1. The molecule has 1 aliphatic heterocycles. The molecule has 6 heteroatoms. The van der Waals surface area contributed by atoms with Crippen LogP contribution in [0.2, 0.25) is 0 Å². The Kier molecular flexibility index (Phi) is 3.91. The number of fused-ring (bicyclic) bond motifs is 2. The fraction of sp³-hybridized carbons (Fsp3) is 0.190. The number of rotatable bonds is 3. The third-order valence-electron chi connectivity index (χ3n) is 5.02. The fourth-order valence-corrected chi connectivity index (χ4v) is 3.44. The summed E-state index contributed by atoms with van der Waals surface area (Å²) in [5.74, 6) is -0.184. The second kappa shape index (κ2) is 6.16. The Morgan fingerprint density at radius 1 is 1.11 bits per heavy atom. The van der Waals surface area contributed by atoms with E-state index in [0.717, 1.165) is 11.1 Å². The Labute approximate surface area is 156 Å². The van der Waals surface area contributed by atoms with Crippen LogP contribution in [0, 0.1) is 11.4 Å². The van der Waals surface area contributed by atoms with E-state index in [-0.39, 0.29) is 5.92 Å². The van der Waals surface area contributed by atoms with Crippen LogP contribution in [0.25, 0.3) is 11.3 Å². The number of hydrogen-bond acceptors (Lipinski definition) is 4. The van der Waals surface area contributed by atoms with Crippen molar-refractivity contribution in [2.24, 2.45) is 11.1 Å². The van der Waals surface area contributed by atoms with E-state index in [2.05, 4.69) is 9.97 Å². The van der Waals surface area contributed by atoms with E-state index in [1.54, 1.807) is 6.07 Å². The van der Waals surface area contributed by atoms with Gasteiger partial charge in [0.25, 0.3) is 0 Å². The maximum absolute atomic E-state index is 13.1. The maximum atomic E-state index is 13.1. The number of aromatic nitrogens is 2. The molecule has 5 nitrogen and oxygen atoms in total. The molecule has 0 radical (unpaired) electrons. The topological polar surface area (TPSA) is 78.1 Å². The lowest BCUT2D eigenvalue weighted by Crippen LogP contribution is -2.38. The molecule has 0 saturated carbocycles. The van der Waals surface area contributed by atoms with Gasteiger partial charge in [-0.1, -0.05) is 38.1 Å². The van der Waals surface area contributed by atoms with Gasteiger partial charge < -0.3 is 10.5 Å². The summed E-state index contributed by atoms with van der Waals surface area (Å²) in [6, 6.07) is 14.1. The molecule has 1 aliphatic rings. The predicted molar refractivity (Wildman–Crippen MR) is 98.8 cm³/mol. The smallest absolute Gasteiger partial charge is 0.224 e. The third kappa shape index (κ3) is 2.83. The van der Waals surface area contributed by atoms with Crippen molar-refractivity contribution in [2.45, 2.75) is 19.8 Å². The summed E-state index contributed by atoms with van der Waals surface area (Å²) >= 11 is 0. The SMILES string of the molecule is CC(C)(C(N)=O)C1c2ccccc2Oc2nc(-c3ccc(F)nc3)ccc21. The van der Waals surface area contributed by atoms with Gasteiger partial charge in [0, 0.05) is 28.8 Å². The van der Waals surface area contributed by atoms with Crippen LogP contribution < -0.4 is 10.5 Å². The van der Waals surface area contributed by atoms with Crippen LogP contribution in [0.4, 0.5) is 4.39 Å². The van der Waals surface area contributed by atoms with Gasteiger partial charge in [-0.25, -0.2) is 9.97 Å². The number of para-hydroxylation sites is 1. The number of ether oxygens (including phenoxy) is 1. The van der Waals surface area contributed by atoms with E-state index in [0.29, 0.717) is 22.9 Å². The average Bonchev–Trinajstić information content (AvgIpc) is 2.66. The minimum absolute atomic E-state index is 0.289. The van der Waals surface area contributed by atoms with Gasteiger partial charge in [0.15, 0.2) is 0 Å². The summed E-state index contributed by atoms with van der Waals surface area (Å²) in [4.78, 5) is 20.4. The van der Waals surface area contributed by atoms with Crippen molar-refractivity contribution < 1.29 is 13.9 Å². The van der Waals surface area contributed by atoms with E-state index < -0.39 is 17.3 Å². The highest BCUT2D eigenvalue weighted by molar-refractivity contribution is 5.83. The van der Waals surface area contributed by atoms with Crippen LogP contribution in [0.1, 0.15) is 30.9 Å². The maximum Gasteiger partial charge on any atom is 0.224 e. The molecule has 2 aromatic heterocycles. The van der Waals surface area contributed by atoms with Crippen LogP contribution in [-0.4, -0.2) is 15.9 Å². The molecule has 27 heavy (non-hydrogen) atoms. The molecule has 0 saturated heterocycles. The molecule has 1 atom stereocenters. The minimum Gasteiger partial charge on any atom is -0.438 e. The largest absolute Gasteiger partial charge is 0.438 e. The van der Waals surface area contributed by atoms with Crippen molar-refractivity contribution in [1.29, 1.82) is 0 Å².